The normalized spacial score (nSPS) is 13.9. The summed E-state index contributed by atoms with van der Waals surface area (Å²) in [7, 11) is 0. The van der Waals surface area contributed by atoms with Crippen LogP contribution in [0.2, 0.25) is 0 Å². The lowest BCUT2D eigenvalue weighted by Crippen LogP contribution is -2.28. The van der Waals surface area contributed by atoms with Crippen LogP contribution < -0.4 is 4.90 Å². The Hall–Kier alpha value is -8.78. The molecule has 13 rings (SSSR count). The highest BCUT2D eigenvalue weighted by Gasteiger charge is 2.47. The molecule has 0 saturated carbocycles. The summed E-state index contributed by atoms with van der Waals surface area (Å²) in [5, 5.41) is 7.48. The van der Waals surface area contributed by atoms with Crippen molar-refractivity contribution in [2.24, 2.45) is 0 Å². The van der Waals surface area contributed by atoms with Crippen molar-refractivity contribution in [2.75, 3.05) is 4.90 Å². The van der Waals surface area contributed by atoms with E-state index < -0.39 is 5.41 Å². The number of benzene rings is 12. The minimum atomic E-state index is -0.562. The van der Waals surface area contributed by atoms with Crippen LogP contribution in [-0.4, -0.2) is 0 Å². The Labute approximate surface area is 397 Å². The molecule has 1 nitrogen and oxygen atoms in total. The maximum absolute atomic E-state index is 2.45. The molecule has 1 aliphatic rings. The van der Waals surface area contributed by atoms with Gasteiger partial charge in [-0.05, 0) is 124 Å². The Balaban J connectivity index is 1.03. The van der Waals surface area contributed by atoms with Gasteiger partial charge in [-0.25, -0.2) is 0 Å². The van der Waals surface area contributed by atoms with E-state index in [1.807, 2.05) is 0 Å². The molecule has 1 atom stereocenters. The van der Waals surface area contributed by atoms with Crippen molar-refractivity contribution in [3.8, 4) is 44.5 Å². The van der Waals surface area contributed by atoms with E-state index in [-0.39, 0.29) is 0 Å². The third-order valence-corrected chi connectivity index (χ3v) is 14.4. The second kappa shape index (κ2) is 16.3. The first kappa shape index (κ1) is 39.6. The van der Waals surface area contributed by atoms with Crippen LogP contribution in [0, 0.1) is 0 Å². The monoisotopic (exact) mass is 863 g/mol. The smallest absolute Gasteiger partial charge is 0.0719 e. The van der Waals surface area contributed by atoms with Gasteiger partial charge < -0.3 is 4.90 Å². The molecule has 12 aromatic rings. The highest BCUT2D eigenvalue weighted by molar-refractivity contribution is 6.03. The Morgan fingerprint density at radius 1 is 0.250 bits per heavy atom. The highest BCUT2D eigenvalue weighted by Crippen LogP contribution is 2.60. The molecule has 0 aliphatic heterocycles. The van der Waals surface area contributed by atoms with Gasteiger partial charge in [-0.1, -0.05) is 243 Å². The van der Waals surface area contributed by atoms with Crippen LogP contribution in [-0.2, 0) is 5.41 Å². The number of hydrogen-bond donors (Lipinski definition) is 0. The molecular formula is C67H45N. The molecule has 0 heterocycles. The molecule has 0 fully saturated rings. The minimum Gasteiger partial charge on any atom is -0.310 e. The van der Waals surface area contributed by atoms with Gasteiger partial charge in [-0.15, -0.1) is 0 Å². The summed E-state index contributed by atoms with van der Waals surface area (Å²) >= 11 is 0. The van der Waals surface area contributed by atoms with E-state index in [2.05, 4.69) is 278 Å². The van der Waals surface area contributed by atoms with E-state index in [0.717, 1.165) is 22.6 Å². The zero-order valence-electron chi connectivity index (χ0n) is 37.4. The summed E-state index contributed by atoms with van der Waals surface area (Å²) in [6.45, 7) is 0. The fourth-order valence-corrected chi connectivity index (χ4v) is 11.4. The Morgan fingerprint density at radius 3 is 1.29 bits per heavy atom. The predicted molar refractivity (Wildman–Crippen MR) is 287 cm³/mol. The van der Waals surface area contributed by atoms with E-state index in [0.29, 0.717) is 0 Å². The summed E-state index contributed by atoms with van der Waals surface area (Å²) in [6, 6.07) is 101. The first-order valence-electron chi connectivity index (χ1n) is 23.6. The Bertz CT molecular complexity index is 3710. The van der Waals surface area contributed by atoms with Crippen molar-refractivity contribution in [1.29, 1.82) is 0 Å². The highest BCUT2D eigenvalue weighted by atomic mass is 15.1. The van der Waals surface area contributed by atoms with Crippen LogP contribution >= 0.6 is 0 Å². The fraction of sp³-hybridized carbons (Fsp3) is 0.0149. The number of para-hydroxylation sites is 1. The van der Waals surface area contributed by atoms with Crippen molar-refractivity contribution < 1.29 is 0 Å². The van der Waals surface area contributed by atoms with Crippen LogP contribution in [0.1, 0.15) is 22.3 Å². The summed E-state index contributed by atoms with van der Waals surface area (Å²) in [6.07, 6.45) is 0. The van der Waals surface area contributed by atoms with Crippen LogP contribution in [0.3, 0.4) is 0 Å². The lowest BCUT2D eigenvalue weighted by molar-refractivity contribution is 0.776. The quantitative estimate of drug-likeness (QED) is 0.147. The maximum atomic E-state index is 2.45. The second-order valence-electron chi connectivity index (χ2n) is 17.9. The van der Waals surface area contributed by atoms with Crippen LogP contribution in [0.4, 0.5) is 17.1 Å². The average molecular weight is 864 g/mol. The minimum absolute atomic E-state index is 0.562. The van der Waals surface area contributed by atoms with E-state index >= 15 is 0 Å². The van der Waals surface area contributed by atoms with E-state index in [1.54, 1.807) is 0 Å². The Kier molecular flexibility index (Phi) is 9.47. The van der Waals surface area contributed by atoms with Crippen molar-refractivity contribution >= 4 is 49.4 Å². The lowest BCUT2D eigenvalue weighted by atomic mass is 9.66. The molecular weight excluding hydrogens is 819 g/mol. The first-order valence-corrected chi connectivity index (χ1v) is 23.6. The molecule has 1 heteroatoms. The van der Waals surface area contributed by atoms with Gasteiger partial charge >= 0.3 is 0 Å². The van der Waals surface area contributed by atoms with E-state index in [9.17, 15) is 0 Å². The second-order valence-corrected chi connectivity index (χ2v) is 17.9. The first-order chi connectivity index (χ1) is 33.8. The van der Waals surface area contributed by atoms with Crippen molar-refractivity contribution in [3.05, 3.63) is 295 Å². The predicted octanol–water partition coefficient (Wildman–Crippen LogP) is 18.0. The molecule has 0 N–H and O–H groups in total. The maximum Gasteiger partial charge on any atom is 0.0719 e. The molecule has 0 amide bonds. The van der Waals surface area contributed by atoms with Crippen molar-refractivity contribution in [3.63, 3.8) is 0 Å². The standard InChI is InChI=1S/C67H45N/c1-2-24-51(25-3-1)67(62-35-16-23-48-20-6-9-28-58(48)62)63-34-12-10-30-61(63)66-60(33-17-36-64(66)67)59-29-11-13-37-65(59)68(52-42-38-49(39-43-52)56-31-14-21-46-18-4-7-26-54(46)56)53-44-40-50(41-45-53)57-32-15-22-47-19-5-8-27-55(47)57/h1-45H. The third kappa shape index (κ3) is 6.24. The van der Waals surface area contributed by atoms with Gasteiger partial charge in [0.2, 0.25) is 0 Å². The van der Waals surface area contributed by atoms with Gasteiger partial charge in [0.25, 0.3) is 0 Å². The molecule has 0 radical (unpaired) electrons. The summed E-state index contributed by atoms with van der Waals surface area (Å²) < 4.78 is 0. The van der Waals surface area contributed by atoms with E-state index in [4.69, 9.17) is 0 Å². The van der Waals surface area contributed by atoms with Crippen LogP contribution in [0.15, 0.2) is 273 Å². The number of rotatable bonds is 8. The van der Waals surface area contributed by atoms with Gasteiger partial charge in [0.15, 0.2) is 0 Å². The SMILES string of the molecule is c1ccc(C2(c3cccc4ccccc34)c3ccccc3-c3c(-c4ccccc4N(c4ccc(-c5cccc6ccccc56)cc4)c4ccc(-c5cccc6ccccc56)cc4)cccc32)cc1. The van der Waals surface area contributed by atoms with Crippen LogP contribution in [0.25, 0.3) is 76.8 Å². The molecule has 1 unspecified atom stereocenters. The van der Waals surface area contributed by atoms with Crippen molar-refractivity contribution in [2.45, 2.75) is 5.41 Å². The largest absolute Gasteiger partial charge is 0.310 e. The Morgan fingerprint density at radius 2 is 0.662 bits per heavy atom. The number of fused-ring (bicyclic) bond motifs is 6. The molecule has 318 valence electrons. The average Bonchev–Trinajstić information content (AvgIpc) is 3.72. The zero-order valence-corrected chi connectivity index (χ0v) is 37.4. The van der Waals surface area contributed by atoms with Gasteiger partial charge in [-0.2, -0.15) is 0 Å². The molecule has 0 saturated heterocycles. The van der Waals surface area contributed by atoms with E-state index in [1.165, 1.54) is 93.5 Å². The number of hydrogen-bond acceptors (Lipinski definition) is 1. The molecule has 0 aromatic heterocycles. The van der Waals surface area contributed by atoms with Gasteiger partial charge in [0, 0.05) is 16.9 Å². The molecule has 0 bridgehead atoms. The number of anilines is 3. The van der Waals surface area contributed by atoms with Gasteiger partial charge in [0.1, 0.15) is 0 Å². The molecule has 68 heavy (non-hydrogen) atoms. The van der Waals surface area contributed by atoms with Gasteiger partial charge in [-0.3, -0.25) is 0 Å². The molecule has 1 aliphatic carbocycles. The molecule has 12 aromatic carbocycles. The van der Waals surface area contributed by atoms with Crippen LogP contribution in [0.5, 0.6) is 0 Å². The number of nitrogens with zero attached hydrogens (tertiary/aromatic N) is 1. The summed E-state index contributed by atoms with van der Waals surface area (Å²) in [5.41, 5.74) is 17.6. The van der Waals surface area contributed by atoms with Gasteiger partial charge in [0.05, 0.1) is 11.1 Å². The topological polar surface area (TPSA) is 3.24 Å². The zero-order chi connectivity index (χ0) is 45.0. The summed E-state index contributed by atoms with van der Waals surface area (Å²) in [4.78, 5) is 2.45. The third-order valence-electron chi connectivity index (χ3n) is 14.4. The fourth-order valence-electron chi connectivity index (χ4n) is 11.4. The van der Waals surface area contributed by atoms with Crippen molar-refractivity contribution in [1.82, 2.24) is 0 Å². The lowest BCUT2D eigenvalue weighted by Gasteiger charge is -2.35. The molecule has 0 spiro atoms. The summed E-state index contributed by atoms with van der Waals surface area (Å²) in [5.74, 6) is 0.